The Morgan fingerprint density at radius 2 is 1.80 bits per heavy atom. The Morgan fingerprint density at radius 1 is 0.967 bits per heavy atom. The highest BCUT2D eigenvalue weighted by Gasteiger charge is 2.09. The maximum absolute atomic E-state index is 12.4. The Kier molecular flexibility index (Phi) is 6.91. The number of nitrogen functional groups attached to an aromatic ring is 1. The predicted molar refractivity (Wildman–Crippen MR) is 116 cm³/mol. The number of carbonyl (C=O) groups excluding carboxylic acids is 2. The highest BCUT2D eigenvalue weighted by atomic mass is 16.2. The van der Waals surface area contributed by atoms with Gasteiger partial charge in [0.25, 0.3) is 11.8 Å². The van der Waals surface area contributed by atoms with E-state index in [0.29, 0.717) is 48.0 Å². The van der Waals surface area contributed by atoms with Crippen molar-refractivity contribution in [2.75, 3.05) is 29.5 Å². The molecule has 0 bridgehead atoms. The van der Waals surface area contributed by atoms with Gasteiger partial charge in [0.05, 0.1) is 22.5 Å². The number of hydrogen-bond donors (Lipinski definition) is 5. The van der Waals surface area contributed by atoms with E-state index in [9.17, 15) is 9.59 Å². The fraction of sp³-hybridized carbons (Fsp3) is 0.143. The molecule has 9 heteroatoms. The summed E-state index contributed by atoms with van der Waals surface area (Å²) in [7, 11) is 0. The molecule has 0 aliphatic carbocycles. The van der Waals surface area contributed by atoms with E-state index in [4.69, 9.17) is 11.5 Å². The van der Waals surface area contributed by atoms with Gasteiger partial charge in [-0.25, -0.2) is 4.98 Å². The number of nitrogens with zero attached hydrogens (tertiary/aromatic N) is 2. The molecule has 30 heavy (non-hydrogen) atoms. The zero-order valence-electron chi connectivity index (χ0n) is 16.3. The quantitative estimate of drug-likeness (QED) is 0.282. The first-order chi connectivity index (χ1) is 14.6. The summed E-state index contributed by atoms with van der Waals surface area (Å²) in [6, 6.07) is 12.0. The Balaban J connectivity index is 1.47. The molecule has 0 unspecified atom stereocenters. The van der Waals surface area contributed by atoms with Crippen molar-refractivity contribution >= 4 is 29.0 Å². The summed E-state index contributed by atoms with van der Waals surface area (Å²) >= 11 is 0. The number of benzene rings is 1. The molecule has 3 aromatic rings. The Labute approximate surface area is 173 Å². The number of nitrogens with two attached hydrogens (primary N) is 2. The van der Waals surface area contributed by atoms with E-state index in [1.807, 2.05) is 6.07 Å². The number of rotatable bonds is 8. The summed E-state index contributed by atoms with van der Waals surface area (Å²) in [6.07, 6.45) is 4.59. The standard InChI is InChI=1S/C21H23N7O2/c22-11-14-3-5-18(17(23)10-14)28-21(30)16-4-6-19(27-13-16)25-8-9-26-20(29)15-2-1-7-24-12-15/h1-7,10,12-13H,8-9,11,22-23H2,(H,25,27)(H,26,29)(H,28,30). The summed E-state index contributed by atoms with van der Waals surface area (Å²) in [6.45, 7) is 1.27. The van der Waals surface area contributed by atoms with E-state index in [0.717, 1.165) is 5.56 Å². The molecule has 0 saturated carbocycles. The maximum atomic E-state index is 12.4. The number of aromatic nitrogens is 2. The molecule has 0 fully saturated rings. The highest BCUT2D eigenvalue weighted by Crippen LogP contribution is 2.20. The normalized spacial score (nSPS) is 10.3. The van der Waals surface area contributed by atoms with Crippen LogP contribution in [0.15, 0.2) is 61.1 Å². The van der Waals surface area contributed by atoms with Crippen molar-refractivity contribution in [2.45, 2.75) is 6.54 Å². The fourth-order valence-corrected chi connectivity index (χ4v) is 2.65. The van der Waals surface area contributed by atoms with Gasteiger partial charge in [-0.3, -0.25) is 14.6 Å². The average Bonchev–Trinajstić information content (AvgIpc) is 2.78. The fourth-order valence-electron chi connectivity index (χ4n) is 2.65. The van der Waals surface area contributed by atoms with Crippen LogP contribution < -0.4 is 27.4 Å². The van der Waals surface area contributed by atoms with Gasteiger partial charge in [-0.1, -0.05) is 6.07 Å². The summed E-state index contributed by atoms with van der Waals surface area (Å²) in [5, 5.41) is 8.63. The molecule has 0 atom stereocenters. The van der Waals surface area contributed by atoms with Crippen molar-refractivity contribution in [1.82, 2.24) is 15.3 Å². The first-order valence-electron chi connectivity index (χ1n) is 9.35. The molecule has 0 aliphatic rings. The average molecular weight is 405 g/mol. The third kappa shape index (κ3) is 5.52. The van der Waals surface area contributed by atoms with Crippen LogP contribution in [0.5, 0.6) is 0 Å². The zero-order chi connectivity index (χ0) is 21.3. The predicted octanol–water partition coefficient (Wildman–Crippen LogP) is 1.61. The van der Waals surface area contributed by atoms with Crippen LogP contribution in [-0.4, -0.2) is 34.9 Å². The van der Waals surface area contributed by atoms with Gasteiger partial charge in [0, 0.05) is 38.2 Å². The van der Waals surface area contributed by atoms with Gasteiger partial charge in [0.2, 0.25) is 0 Å². The second kappa shape index (κ2) is 9.99. The van der Waals surface area contributed by atoms with Crippen LogP contribution in [0.2, 0.25) is 0 Å². The lowest BCUT2D eigenvalue weighted by Crippen LogP contribution is -2.28. The van der Waals surface area contributed by atoms with E-state index >= 15 is 0 Å². The molecule has 154 valence electrons. The van der Waals surface area contributed by atoms with Crippen molar-refractivity contribution in [1.29, 1.82) is 0 Å². The summed E-state index contributed by atoms with van der Waals surface area (Å²) < 4.78 is 0. The van der Waals surface area contributed by atoms with Gasteiger partial charge in [-0.05, 0) is 42.0 Å². The lowest BCUT2D eigenvalue weighted by molar-refractivity contribution is 0.0954. The Bertz CT molecular complexity index is 1010. The lowest BCUT2D eigenvalue weighted by atomic mass is 10.1. The molecule has 2 heterocycles. The number of hydrogen-bond acceptors (Lipinski definition) is 7. The minimum absolute atomic E-state index is 0.191. The van der Waals surface area contributed by atoms with Gasteiger partial charge < -0.3 is 27.4 Å². The highest BCUT2D eigenvalue weighted by molar-refractivity contribution is 6.05. The van der Waals surface area contributed by atoms with E-state index in [1.54, 1.807) is 42.6 Å². The smallest absolute Gasteiger partial charge is 0.257 e. The van der Waals surface area contributed by atoms with Crippen LogP contribution >= 0.6 is 0 Å². The largest absolute Gasteiger partial charge is 0.397 e. The molecule has 1 aromatic carbocycles. The molecule has 2 amide bonds. The zero-order valence-corrected chi connectivity index (χ0v) is 16.3. The first kappa shape index (κ1) is 20.7. The van der Waals surface area contributed by atoms with Crippen molar-refractivity contribution in [3.63, 3.8) is 0 Å². The number of pyridine rings is 2. The SMILES string of the molecule is NCc1ccc(NC(=O)c2ccc(NCCNC(=O)c3cccnc3)nc2)c(N)c1. The van der Waals surface area contributed by atoms with Crippen LogP contribution in [0, 0.1) is 0 Å². The van der Waals surface area contributed by atoms with E-state index in [2.05, 4.69) is 25.9 Å². The second-order valence-corrected chi connectivity index (χ2v) is 6.44. The van der Waals surface area contributed by atoms with Gasteiger partial charge in [0.1, 0.15) is 5.82 Å². The van der Waals surface area contributed by atoms with Crippen LogP contribution in [0.3, 0.4) is 0 Å². The van der Waals surface area contributed by atoms with Gasteiger partial charge in [-0.15, -0.1) is 0 Å². The Morgan fingerprint density at radius 3 is 2.47 bits per heavy atom. The third-order valence-electron chi connectivity index (χ3n) is 4.27. The van der Waals surface area contributed by atoms with Crippen LogP contribution in [0.1, 0.15) is 26.3 Å². The maximum Gasteiger partial charge on any atom is 0.257 e. The lowest BCUT2D eigenvalue weighted by Gasteiger charge is -2.10. The molecule has 0 aliphatic heterocycles. The van der Waals surface area contributed by atoms with E-state index in [-0.39, 0.29) is 11.8 Å². The molecular weight excluding hydrogens is 382 g/mol. The molecule has 7 N–H and O–H groups in total. The molecule has 2 aromatic heterocycles. The molecule has 0 radical (unpaired) electrons. The molecule has 3 rings (SSSR count). The molecule has 0 saturated heterocycles. The molecule has 9 nitrogen and oxygen atoms in total. The van der Waals surface area contributed by atoms with Gasteiger partial charge >= 0.3 is 0 Å². The second-order valence-electron chi connectivity index (χ2n) is 6.44. The Hall–Kier alpha value is -3.98. The number of amides is 2. The van der Waals surface area contributed by atoms with Gasteiger partial charge in [-0.2, -0.15) is 0 Å². The van der Waals surface area contributed by atoms with Crippen molar-refractivity contribution < 1.29 is 9.59 Å². The van der Waals surface area contributed by atoms with E-state index in [1.165, 1.54) is 12.4 Å². The minimum atomic E-state index is -0.315. The van der Waals surface area contributed by atoms with Crippen LogP contribution in [0.25, 0.3) is 0 Å². The number of anilines is 3. The monoisotopic (exact) mass is 405 g/mol. The topological polar surface area (TPSA) is 148 Å². The van der Waals surface area contributed by atoms with Crippen molar-refractivity contribution in [3.8, 4) is 0 Å². The van der Waals surface area contributed by atoms with E-state index < -0.39 is 0 Å². The van der Waals surface area contributed by atoms with Crippen molar-refractivity contribution in [2.24, 2.45) is 5.73 Å². The minimum Gasteiger partial charge on any atom is -0.397 e. The van der Waals surface area contributed by atoms with Crippen molar-refractivity contribution in [3.05, 3.63) is 77.7 Å². The van der Waals surface area contributed by atoms with Crippen LogP contribution in [-0.2, 0) is 6.54 Å². The molecule has 0 spiro atoms. The van der Waals surface area contributed by atoms with Crippen LogP contribution in [0.4, 0.5) is 17.2 Å². The van der Waals surface area contributed by atoms with Gasteiger partial charge in [0.15, 0.2) is 0 Å². The third-order valence-corrected chi connectivity index (χ3v) is 4.27. The number of nitrogens with one attached hydrogen (secondary N) is 3. The summed E-state index contributed by atoms with van der Waals surface area (Å²) in [5.74, 6) is 0.0858. The first-order valence-corrected chi connectivity index (χ1v) is 9.35. The number of carbonyl (C=O) groups is 2. The summed E-state index contributed by atoms with van der Waals surface area (Å²) in [5.41, 5.74) is 14.3. The molecular formula is C21H23N7O2. The summed E-state index contributed by atoms with van der Waals surface area (Å²) in [4.78, 5) is 32.5.